The zero-order chi connectivity index (χ0) is 26.2. The number of ether oxygens (including phenoxy) is 2. The Labute approximate surface area is 229 Å². The van der Waals surface area contributed by atoms with Crippen LogP contribution in [-0.2, 0) is 10.3 Å². The van der Waals surface area contributed by atoms with E-state index in [1.807, 2.05) is 6.07 Å². The van der Waals surface area contributed by atoms with Crippen LogP contribution in [0.3, 0.4) is 0 Å². The van der Waals surface area contributed by atoms with Gasteiger partial charge in [0.25, 0.3) is 0 Å². The summed E-state index contributed by atoms with van der Waals surface area (Å²) in [5.74, 6) is 0.536. The first-order valence-electron chi connectivity index (χ1n) is 14.1. The highest BCUT2D eigenvalue weighted by Gasteiger charge is 2.38. The van der Waals surface area contributed by atoms with Crippen molar-refractivity contribution < 1.29 is 13.9 Å². The van der Waals surface area contributed by atoms with Crippen molar-refractivity contribution in [2.45, 2.75) is 24.9 Å². The standard InChI is InChI=1S/C34H33FN2O2/c35-27-8-6-7-26(23-27)34(25-11-13-28(14-12-25)36-17-4-1-5-18-36)16-15-31-29-9-2-3-10-30(29)32(24-33(31)39-34)37-19-21-38-22-20-37/h2-3,6-16,23-24H,1,4-5,17-22H2. The van der Waals surface area contributed by atoms with E-state index < -0.39 is 5.60 Å². The minimum Gasteiger partial charge on any atom is -0.473 e. The summed E-state index contributed by atoms with van der Waals surface area (Å²) in [5.41, 5.74) is 4.25. The number of hydrogen-bond donors (Lipinski definition) is 0. The van der Waals surface area contributed by atoms with Crippen molar-refractivity contribution in [2.24, 2.45) is 0 Å². The summed E-state index contributed by atoms with van der Waals surface area (Å²) in [4.78, 5) is 4.83. The zero-order valence-corrected chi connectivity index (χ0v) is 22.1. The summed E-state index contributed by atoms with van der Waals surface area (Å²) in [7, 11) is 0. The number of anilines is 2. The molecular weight excluding hydrogens is 487 g/mol. The third kappa shape index (κ3) is 4.35. The number of piperidine rings is 1. The van der Waals surface area contributed by atoms with E-state index in [4.69, 9.17) is 9.47 Å². The van der Waals surface area contributed by atoms with Crippen molar-refractivity contribution >= 4 is 28.2 Å². The van der Waals surface area contributed by atoms with Crippen LogP contribution >= 0.6 is 0 Å². The SMILES string of the molecule is Fc1cccc(C2(c3ccc(N4CCCCC4)cc3)C=Cc3c(cc(N4CCOCC4)c4ccccc34)O2)c1. The van der Waals surface area contributed by atoms with E-state index in [9.17, 15) is 4.39 Å². The fourth-order valence-electron chi connectivity index (χ4n) is 6.35. The van der Waals surface area contributed by atoms with Crippen LogP contribution in [0.25, 0.3) is 16.8 Å². The van der Waals surface area contributed by atoms with Gasteiger partial charge in [0.1, 0.15) is 11.6 Å². The third-order valence-electron chi connectivity index (χ3n) is 8.40. The molecule has 0 aliphatic carbocycles. The second-order valence-electron chi connectivity index (χ2n) is 10.7. The molecule has 0 saturated carbocycles. The van der Waals surface area contributed by atoms with Gasteiger partial charge in [0.05, 0.1) is 13.2 Å². The number of benzene rings is 4. The van der Waals surface area contributed by atoms with Gasteiger partial charge >= 0.3 is 0 Å². The first-order valence-corrected chi connectivity index (χ1v) is 14.1. The van der Waals surface area contributed by atoms with Gasteiger partial charge in [-0.2, -0.15) is 0 Å². The van der Waals surface area contributed by atoms with E-state index in [0.717, 1.165) is 59.7 Å². The molecule has 1 unspecified atom stereocenters. The molecule has 0 bridgehead atoms. The lowest BCUT2D eigenvalue weighted by Gasteiger charge is -2.38. The Bertz CT molecular complexity index is 1520. The van der Waals surface area contributed by atoms with E-state index in [-0.39, 0.29) is 5.82 Å². The Kier molecular flexibility index (Phi) is 6.24. The highest BCUT2D eigenvalue weighted by atomic mass is 19.1. The molecule has 7 rings (SSSR count). The molecular formula is C34H33FN2O2. The van der Waals surface area contributed by atoms with E-state index >= 15 is 0 Å². The Hall–Kier alpha value is -3.83. The summed E-state index contributed by atoms with van der Waals surface area (Å²) in [6.07, 6.45) is 8.03. The lowest BCUT2D eigenvalue weighted by molar-refractivity contribution is 0.122. The van der Waals surface area contributed by atoms with Gasteiger partial charge in [-0.15, -0.1) is 0 Å². The van der Waals surface area contributed by atoms with Crippen molar-refractivity contribution in [1.29, 1.82) is 0 Å². The second-order valence-corrected chi connectivity index (χ2v) is 10.7. The average Bonchev–Trinajstić information content (AvgIpc) is 3.01. The molecule has 4 nitrogen and oxygen atoms in total. The lowest BCUT2D eigenvalue weighted by atomic mass is 9.83. The van der Waals surface area contributed by atoms with Crippen molar-refractivity contribution in [2.75, 3.05) is 49.2 Å². The highest BCUT2D eigenvalue weighted by Crippen LogP contribution is 2.47. The fourth-order valence-corrected chi connectivity index (χ4v) is 6.35. The molecule has 0 N–H and O–H groups in total. The second kappa shape index (κ2) is 10.0. The minimum absolute atomic E-state index is 0.271. The highest BCUT2D eigenvalue weighted by molar-refractivity contribution is 6.02. The van der Waals surface area contributed by atoms with Gasteiger partial charge in [-0.1, -0.05) is 48.5 Å². The minimum atomic E-state index is -0.944. The van der Waals surface area contributed by atoms with E-state index in [2.05, 4.69) is 76.5 Å². The number of halogens is 1. The number of fused-ring (bicyclic) bond motifs is 3. The summed E-state index contributed by atoms with van der Waals surface area (Å²) in [6.45, 7) is 5.29. The number of morpholine rings is 1. The molecule has 0 spiro atoms. The molecule has 3 aliphatic rings. The Morgan fingerprint density at radius 2 is 1.46 bits per heavy atom. The fraction of sp³-hybridized carbons (Fsp3) is 0.294. The Morgan fingerprint density at radius 1 is 0.692 bits per heavy atom. The van der Waals surface area contributed by atoms with Gasteiger partial charge in [0.15, 0.2) is 5.60 Å². The van der Waals surface area contributed by atoms with Gasteiger partial charge in [-0.3, -0.25) is 0 Å². The Balaban J connectivity index is 1.36. The van der Waals surface area contributed by atoms with E-state index in [1.54, 1.807) is 12.1 Å². The first-order chi connectivity index (χ1) is 19.2. The molecule has 2 saturated heterocycles. The smallest absolute Gasteiger partial charge is 0.178 e. The van der Waals surface area contributed by atoms with Crippen LogP contribution in [0.5, 0.6) is 5.75 Å². The maximum atomic E-state index is 14.6. The maximum absolute atomic E-state index is 14.6. The Morgan fingerprint density at radius 3 is 2.23 bits per heavy atom. The van der Waals surface area contributed by atoms with Crippen molar-refractivity contribution in [3.8, 4) is 5.75 Å². The van der Waals surface area contributed by atoms with Crippen molar-refractivity contribution in [3.63, 3.8) is 0 Å². The van der Waals surface area contributed by atoms with Gasteiger partial charge < -0.3 is 19.3 Å². The van der Waals surface area contributed by atoms with Crippen LogP contribution in [0.1, 0.15) is 36.0 Å². The maximum Gasteiger partial charge on any atom is 0.178 e. The third-order valence-corrected chi connectivity index (χ3v) is 8.40. The molecule has 1 atom stereocenters. The quantitative estimate of drug-likeness (QED) is 0.285. The molecule has 39 heavy (non-hydrogen) atoms. The zero-order valence-electron chi connectivity index (χ0n) is 22.1. The molecule has 198 valence electrons. The number of nitrogens with zero attached hydrogens (tertiary/aromatic N) is 2. The van der Waals surface area contributed by atoms with Crippen molar-refractivity contribution in [3.05, 3.63) is 107 Å². The largest absolute Gasteiger partial charge is 0.473 e. The predicted octanol–water partition coefficient (Wildman–Crippen LogP) is 7.16. The van der Waals surface area contributed by atoms with E-state index in [0.29, 0.717) is 13.2 Å². The van der Waals surface area contributed by atoms with E-state index in [1.165, 1.54) is 36.4 Å². The van der Waals surface area contributed by atoms with Crippen LogP contribution in [0.2, 0.25) is 0 Å². The molecule has 2 fully saturated rings. The predicted molar refractivity (Wildman–Crippen MR) is 156 cm³/mol. The molecule has 3 aliphatic heterocycles. The molecule has 5 heteroatoms. The average molecular weight is 521 g/mol. The summed E-state index contributed by atoms with van der Waals surface area (Å²) in [6, 6.07) is 26.2. The van der Waals surface area contributed by atoms with Crippen molar-refractivity contribution in [1.82, 2.24) is 0 Å². The van der Waals surface area contributed by atoms with Crippen LogP contribution in [-0.4, -0.2) is 39.4 Å². The molecule has 0 aromatic heterocycles. The van der Waals surface area contributed by atoms with Gasteiger partial charge in [-0.05, 0) is 61.1 Å². The molecule has 3 heterocycles. The molecule has 0 radical (unpaired) electrons. The van der Waals surface area contributed by atoms with Crippen LogP contribution in [0.4, 0.5) is 15.8 Å². The van der Waals surface area contributed by atoms with Crippen LogP contribution < -0.4 is 14.5 Å². The number of hydrogen-bond acceptors (Lipinski definition) is 4. The summed E-state index contributed by atoms with van der Waals surface area (Å²) < 4.78 is 27.3. The number of rotatable bonds is 4. The normalized spacial score (nSPS) is 21.1. The van der Waals surface area contributed by atoms with Gasteiger partial charge in [-0.25, -0.2) is 4.39 Å². The van der Waals surface area contributed by atoms with Crippen LogP contribution in [0.15, 0.2) is 84.9 Å². The first kappa shape index (κ1) is 24.2. The topological polar surface area (TPSA) is 24.9 Å². The van der Waals surface area contributed by atoms with Crippen LogP contribution in [0, 0.1) is 5.82 Å². The summed E-state index contributed by atoms with van der Waals surface area (Å²) in [5, 5.41) is 2.36. The van der Waals surface area contributed by atoms with Gasteiger partial charge in [0, 0.05) is 65.7 Å². The summed E-state index contributed by atoms with van der Waals surface area (Å²) >= 11 is 0. The molecule has 4 aromatic rings. The monoisotopic (exact) mass is 520 g/mol. The lowest BCUT2D eigenvalue weighted by Crippen LogP contribution is -2.37. The van der Waals surface area contributed by atoms with Gasteiger partial charge in [0.2, 0.25) is 0 Å². The molecule has 0 amide bonds. The molecule has 4 aromatic carbocycles.